The van der Waals surface area contributed by atoms with E-state index in [-0.39, 0.29) is 5.84 Å². The molecule has 8 aromatic rings. The molecule has 0 radical (unpaired) electrons. The van der Waals surface area contributed by atoms with E-state index in [9.17, 15) is 0 Å². The molecule has 0 unspecified atom stereocenters. The third-order valence-electron chi connectivity index (χ3n) is 8.23. The third-order valence-corrected chi connectivity index (χ3v) is 8.23. The SMILES string of the molecule is N=C(N)c1cccc(-c2cccc3nccc(-c4ccc5c(c4)c4ccc6ccccc6c4n5-c4ccccc4)c23)c1. The van der Waals surface area contributed by atoms with Crippen LogP contribution in [0.2, 0.25) is 0 Å². The van der Waals surface area contributed by atoms with Gasteiger partial charge < -0.3 is 10.3 Å². The first-order valence-corrected chi connectivity index (χ1v) is 14.0. The molecule has 0 saturated heterocycles. The molecule has 0 amide bonds. The first kappa shape index (κ1) is 24.1. The molecule has 0 bridgehead atoms. The molecule has 6 aromatic carbocycles. The molecule has 2 heterocycles. The van der Waals surface area contributed by atoms with Gasteiger partial charge in [-0.05, 0) is 70.1 Å². The Balaban J connectivity index is 1.43. The van der Waals surface area contributed by atoms with E-state index >= 15 is 0 Å². The van der Waals surface area contributed by atoms with Gasteiger partial charge in [0.1, 0.15) is 5.84 Å². The van der Waals surface area contributed by atoms with Gasteiger partial charge in [0.15, 0.2) is 0 Å². The maximum Gasteiger partial charge on any atom is 0.122 e. The minimum absolute atomic E-state index is 0.0585. The maximum atomic E-state index is 7.95. The van der Waals surface area contributed by atoms with Crippen LogP contribution in [0.25, 0.3) is 71.4 Å². The van der Waals surface area contributed by atoms with E-state index in [0.717, 1.165) is 38.8 Å². The van der Waals surface area contributed by atoms with Gasteiger partial charge in [0, 0.05) is 39.0 Å². The first-order valence-electron chi connectivity index (χ1n) is 14.0. The summed E-state index contributed by atoms with van der Waals surface area (Å²) in [4.78, 5) is 4.73. The Morgan fingerprint density at radius 2 is 1.40 bits per heavy atom. The Kier molecular flexibility index (Phi) is 5.41. The van der Waals surface area contributed by atoms with Gasteiger partial charge in [-0.15, -0.1) is 0 Å². The van der Waals surface area contributed by atoms with Crippen LogP contribution in [0.1, 0.15) is 5.56 Å². The van der Waals surface area contributed by atoms with Gasteiger partial charge in [-0.25, -0.2) is 0 Å². The number of nitrogens with two attached hydrogens (primary N) is 1. The predicted octanol–water partition coefficient (Wildman–Crippen LogP) is 9.10. The number of amidine groups is 1. The normalized spacial score (nSPS) is 11.5. The Hall–Kier alpha value is -5.74. The molecule has 2 aromatic heterocycles. The summed E-state index contributed by atoms with van der Waals surface area (Å²) in [6.45, 7) is 0. The van der Waals surface area contributed by atoms with Gasteiger partial charge in [-0.1, -0.05) is 91.0 Å². The minimum atomic E-state index is 0.0585. The zero-order valence-corrected chi connectivity index (χ0v) is 22.8. The smallest absolute Gasteiger partial charge is 0.122 e. The Labute approximate surface area is 242 Å². The lowest BCUT2D eigenvalue weighted by molar-refractivity contribution is 1.19. The maximum absolute atomic E-state index is 7.95. The van der Waals surface area contributed by atoms with E-state index in [4.69, 9.17) is 16.1 Å². The van der Waals surface area contributed by atoms with E-state index in [0.29, 0.717) is 5.56 Å². The van der Waals surface area contributed by atoms with Gasteiger partial charge in [0.2, 0.25) is 0 Å². The van der Waals surface area contributed by atoms with Crippen LogP contribution in [0.4, 0.5) is 0 Å². The lowest BCUT2D eigenvalue weighted by Gasteiger charge is -2.13. The van der Waals surface area contributed by atoms with Crippen molar-refractivity contribution in [3.63, 3.8) is 0 Å². The molecule has 4 heteroatoms. The molecule has 0 spiro atoms. The van der Waals surface area contributed by atoms with Crippen molar-refractivity contribution in [2.75, 3.05) is 0 Å². The highest BCUT2D eigenvalue weighted by molar-refractivity contribution is 6.19. The summed E-state index contributed by atoms with van der Waals surface area (Å²) in [6, 6.07) is 46.7. The quantitative estimate of drug-likeness (QED) is 0.173. The van der Waals surface area contributed by atoms with Crippen LogP contribution in [-0.4, -0.2) is 15.4 Å². The summed E-state index contributed by atoms with van der Waals surface area (Å²) in [5.41, 5.74) is 15.3. The molecule has 42 heavy (non-hydrogen) atoms. The summed E-state index contributed by atoms with van der Waals surface area (Å²) in [5, 5.41) is 13.9. The third kappa shape index (κ3) is 3.70. The summed E-state index contributed by atoms with van der Waals surface area (Å²) in [6.07, 6.45) is 1.89. The zero-order valence-electron chi connectivity index (χ0n) is 22.8. The number of rotatable bonds is 4. The molecule has 0 atom stereocenters. The molecule has 198 valence electrons. The molecule has 0 aliphatic rings. The summed E-state index contributed by atoms with van der Waals surface area (Å²) in [5.74, 6) is 0.0585. The molecule has 0 saturated carbocycles. The van der Waals surface area contributed by atoms with Crippen molar-refractivity contribution in [2.45, 2.75) is 0 Å². The Morgan fingerprint density at radius 3 is 2.29 bits per heavy atom. The van der Waals surface area contributed by atoms with Crippen molar-refractivity contribution in [3.05, 3.63) is 145 Å². The van der Waals surface area contributed by atoms with Crippen molar-refractivity contribution < 1.29 is 0 Å². The fourth-order valence-corrected chi connectivity index (χ4v) is 6.33. The fraction of sp³-hybridized carbons (Fsp3) is 0. The molecule has 3 N–H and O–H groups in total. The predicted molar refractivity (Wildman–Crippen MR) is 175 cm³/mol. The van der Waals surface area contributed by atoms with E-state index in [1.54, 1.807) is 0 Å². The van der Waals surface area contributed by atoms with Crippen LogP contribution in [0, 0.1) is 5.41 Å². The van der Waals surface area contributed by atoms with Crippen molar-refractivity contribution >= 4 is 49.3 Å². The van der Waals surface area contributed by atoms with Crippen LogP contribution in [0.3, 0.4) is 0 Å². The number of aromatic nitrogens is 2. The molecule has 0 aliphatic carbocycles. The number of para-hydroxylation sites is 1. The number of pyridine rings is 1. The standard InChI is InChI=1S/C38H26N4/c39-38(40)27-10-6-9-25(22-27)29-14-7-15-34-36(29)30(20-21-41-34)26-17-19-35-33(23-26)32-18-16-24-8-4-5-13-31(24)37(32)42(35)28-11-2-1-3-12-28/h1-23H,(H3,39,40). The van der Waals surface area contributed by atoms with Gasteiger partial charge in [-0.2, -0.15) is 0 Å². The topological polar surface area (TPSA) is 67.7 Å². The number of hydrogen-bond donors (Lipinski definition) is 2. The van der Waals surface area contributed by atoms with Crippen LogP contribution in [0.5, 0.6) is 0 Å². The molecule has 4 nitrogen and oxygen atoms in total. The van der Waals surface area contributed by atoms with E-state index in [1.165, 1.54) is 32.6 Å². The van der Waals surface area contributed by atoms with Crippen LogP contribution < -0.4 is 5.73 Å². The second-order valence-corrected chi connectivity index (χ2v) is 10.6. The summed E-state index contributed by atoms with van der Waals surface area (Å²) in [7, 11) is 0. The highest BCUT2D eigenvalue weighted by Crippen LogP contribution is 2.41. The average Bonchev–Trinajstić information content (AvgIpc) is 3.39. The fourth-order valence-electron chi connectivity index (χ4n) is 6.33. The van der Waals surface area contributed by atoms with Crippen LogP contribution in [-0.2, 0) is 0 Å². The lowest BCUT2D eigenvalue weighted by atomic mass is 9.92. The number of nitrogens with one attached hydrogen (secondary N) is 1. The van der Waals surface area contributed by atoms with E-state index in [1.807, 2.05) is 30.5 Å². The Bertz CT molecular complexity index is 2330. The van der Waals surface area contributed by atoms with Gasteiger partial charge in [-0.3, -0.25) is 10.4 Å². The second-order valence-electron chi connectivity index (χ2n) is 10.6. The molecule has 8 rings (SSSR count). The minimum Gasteiger partial charge on any atom is -0.384 e. The van der Waals surface area contributed by atoms with Crippen molar-refractivity contribution in [2.24, 2.45) is 5.73 Å². The number of fused-ring (bicyclic) bond motifs is 6. The largest absolute Gasteiger partial charge is 0.384 e. The van der Waals surface area contributed by atoms with Crippen molar-refractivity contribution in [1.29, 1.82) is 5.41 Å². The average molecular weight is 539 g/mol. The van der Waals surface area contributed by atoms with E-state index in [2.05, 4.69) is 114 Å². The number of nitrogen functional groups attached to an aromatic ring is 1. The lowest BCUT2D eigenvalue weighted by Crippen LogP contribution is -2.10. The van der Waals surface area contributed by atoms with Crippen molar-refractivity contribution in [3.8, 4) is 27.9 Å². The highest BCUT2D eigenvalue weighted by Gasteiger charge is 2.17. The first-order chi connectivity index (χ1) is 20.7. The number of nitrogens with zero attached hydrogens (tertiary/aromatic N) is 2. The van der Waals surface area contributed by atoms with E-state index < -0.39 is 0 Å². The van der Waals surface area contributed by atoms with Crippen molar-refractivity contribution in [1.82, 2.24) is 9.55 Å². The molecule has 0 aliphatic heterocycles. The Morgan fingerprint density at radius 1 is 0.619 bits per heavy atom. The van der Waals surface area contributed by atoms with Crippen LogP contribution in [0.15, 0.2) is 140 Å². The van der Waals surface area contributed by atoms with Gasteiger partial charge in [0.25, 0.3) is 0 Å². The highest BCUT2D eigenvalue weighted by atomic mass is 15.0. The molecular weight excluding hydrogens is 512 g/mol. The van der Waals surface area contributed by atoms with Crippen LogP contribution >= 0.6 is 0 Å². The van der Waals surface area contributed by atoms with Gasteiger partial charge in [0.05, 0.1) is 16.6 Å². The number of hydrogen-bond acceptors (Lipinski definition) is 2. The molecular formula is C38H26N4. The second kappa shape index (κ2) is 9.43. The van der Waals surface area contributed by atoms with Gasteiger partial charge >= 0.3 is 0 Å². The monoisotopic (exact) mass is 538 g/mol. The summed E-state index contributed by atoms with van der Waals surface area (Å²) < 4.78 is 2.39. The summed E-state index contributed by atoms with van der Waals surface area (Å²) >= 11 is 0. The zero-order chi connectivity index (χ0) is 28.2. The number of benzene rings is 6. The molecule has 0 fully saturated rings.